The summed E-state index contributed by atoms with van der Waals surface area (Å²) in [5.74, 6) is 0.0627. The van der Waals surface area contributed by atoms with Gasteiger partial charge in [0.05, 0.1) is 21.7 Å². The highest BCUT2D eigenvalue weighted by Crippen LogP contribution is 2.27. The van der Waals surface area contributed by atoms with Gasteiger partial charge in [-0.15, -0.1) is 0 Å². The molecule has 0 aliphatic rings. The molecule has 0 bridgehead atoms. The summed E-state index contributed by atoms with van der Waals surface area (Å²) in [7, 11) is -3.56. The Morgan fingerprint density at radius 3 is 2.53 bits per heavy atom. The van der Waals surface area contributed by atoms with Crippen LogP contribution >= 0.6 is 23.4 Å². The van der Waals surface area contributed by atoms with Gasteiger partial charge in [0.2, 0.25) is 15.9 Å². The summed E-state index contributed by atoms with van der Waals surface area (Å²) in [5.41, 5.74) is 2.29. The molecule has 0 spiro atoms. The van der Waals surface area contributed by atoms with Crippen molar-refractivity contribution in [1.82, 2.24) is 19.2 Å². The van der Waals surface area contributed by atoms with Crippen LogP contribution in [0.25, 0.3) is 11.0 Å². The number of hydrogen-bond donors (Lipinski definition) is 1. The fourth-order valence-corrected chi connectivity index (χ4v) is 5.98. The number of aryl methyl sites for hydroxylation is 1. The third-order valence-electron chi connectivity index (χ3n) is 5.11. The van der Waals surface area contributed by atoms with E-state index in [-0.39, 0.29) is 16.6 Å². The van der Waals surface area contributed by atoms with Gasteiger partial charge in [-0.1, -0.05) is 55.4 Å². The molecule has 0 aliphatic heterocycles. The van der Waals surface area contributed by atoms with Gasteiger partial charge in [-0.3, -0.25) is 4.79 Å². The van der Waals surface area contributed by atoms with Crippen LogP contribution in [0.1, 0.15) is 26.3 Å². The lowest BCUT2D eigenvalue weighted by Crippen LogP contribution is -2.30. The molecule has 0 atom stereocenters. The smallest absolute Gasteiger partial charge is 0.243 e. The van der Waals surface area contributed by atoms with Crippen LogP contribution in [0.4, 0.5) is 0 Å². The zero-order chi connectivity index (χ0) is 23.3. The van der Waals surface area contributed by atoms with Gasteiger partial charge in [0.15, 0.2) is 5.16 Å². The topological polar surface area (TPSA) is 84.3 Å². The van der Waals surface area contributed by atoms with E-state index in [1.807, 2.05) is 43.5 Å². The number of imidazole rings is 1. The molecule has 3 rings (SSSR count). The SMILES string of the molecule is CCN(CC)S(=O)(=O)c1ccc2c(c1)nc(SCC(=O)NCc1ccccc1Cl)n2CC. The molecule has 0 unspecified atom stereocenters. The first kappa shape index (κ1) is 24.6. The van der Waals surface area contributed by atoms with Crippen LogP contribution in [-0.4, -0.2) is 47.0 Å². The molecule has 172 valence electrons. The Balaban J connectivity index is 1.75. The van der Waals surface area contributed by atoms with Gasteiger partial charge in [-0.05, 0) is 36.8 Å². The zero-order valence-electron chi connectivity index (χ0n) is 18.3. The first-order valence-corrected chi connectivity index (χ1v) is 13.3. The number of nitrogens with one attached hydrogen (secondary N) is 1. The van der Waals surface area contributed by atoms with Crippen molar-refractivity contribution in [2.75, 3.05) is 18.8 Å². The van der Waals surface area contributed by atoms with E-state index in [0.29, 0.717) is 41.9 Å². The van der Waals surface area contributed by atoms with Crippen LogP contribution in [0, 0.1) is 0 Å². The number of thioether (sulfide) groups is 1. The summed E-state index contributed by atoms with van der Waals surface area (Å²) in [6.07, 6.45) is 0. The third kappa shape index (κ3) is 5.28. The van der Waals surface area contributed by atoms with Gasteiger partial charge in [0.25, 0.3) is 0 Å². The van der Waals surface area contributed by atoms with Crippen molar-refractivity contribution in [1.29, 1.82) is 0 Å². The quantitative estimate of drug-likeness (QED) is 0.428. The summed E-state index contributed by atoms with van der Waals surface area (Å²) >= 11 is 7.45. The minimum absolute atomic E-state index is 0.130. The fraction of sp³-hybridized carbons (Fsp3) is 0.364. The van der Waals surface area contributed by atoms with Crippen LogP contribution in [0.2, 0.25) is 5.02 Å². The second-order valence-corrected chi connectivity index (χ2v) is 10.3. The molecule has 0 radical (unpaired) electrons. The number of benzene rings is 2. The molecule has 0 aliphatic carbocycles. The van der Waals surface area contributed by atoms with Crippen LogP contribution in [0.3, 0.4) is 0 Å². The van der Waals surface area contributed by atoms with E-state index in [1.54, 1.807) is 24.3 Å². The van der Waals surface area contributed by atoms with E-state index in [4.69, 9.17) is 11.6 Å². The molecule has 1 N–H and O–H groups in total. The summed E-state index contributed by atoms with van der Waals surface area (Å²) in [6, 6.07) is 12.4. The van der Waals surface area contributed by atoms with Crippen molar-refractivity contribution in [3.8, 4) is 0 Å². The fourth-order valence-electron chi connectivity index (χ4n) is 3.39. The van der Waals surface area contributed by atoms with Gasteiger partial charge in [0.1, 0.15) is 0 Å². The number of rotatable bonds is 10. The van der Waals surface area contributed by atoms with Crippen molar-refractivity contribution < 1.29 is 13.2 Å². The molecule has 2 aromatic carbocycles. The number of amides is 1. The molecule has 0 saturated carbocycles. The standard InChI is InChI=1S/C22H27ClN4O3S2/c1-4-26(5-2)32(29,30)17-11-12-20-19(13-17)25-22(27(20)6-3)31-15-21(28)24-14-16-9-7-8-10-18(16)23/h7-13H,4-6,14-15H2,1-3H3,(H,24,28). The minimum Gasteiger partial charge on any atom is -0.351 e. The van der Waals surface area contributed by atoms with Gasteiger partial charge >= 0.3 is 0 Å². The number of hydrogen-bond acceptors (Lipinski definition) is 5. The molecule has 10 heteroatoms. The summed E-state index contributed by atoms with van der Waals surface area (Å²) in [6.45, 7) is 7.45. The Labute approximate surface area is 198 Å². The number of carbonyl (C=O) groups excluding carboxylic acids is 1. The number of fused-ring (bicyclic) bond motifs is 1. The summed E-state index contributed by atoms with van der Waals surface area (Å²) in [4.78, 5) is 17.2. The van der Waals surface area contributed by atoms with Crippen molar-refractivity contribution >= 4 is 50.3 Å². The average Bonchev–Trinajstić information content (AvgIpc) is 3.14. The van der Waals surface area contributed by atoms with Crippen LogP contribution in [0.5, 0.6) is 0 Å². The molecular weight excluding hydrogens is 468 g/mol. The Morgan fingerprint density at radius 2 is 1.88 bits per heavy atom. The second-order valence-electron chi connectivity index (χ2n) is 7.04. The van der Waals surface area contributed by atoms with Gasteiger partial charge in [-0.2, -0.15) is 4.31 Å². The van der Waals surface area contributed by atoms with Gasteiger partial charge in [0, 0.05) is 31.2 Å². The van der Waals surface area contributed by atoms with Crippen LogP contribution in [-0.2, 0) is 27.9 Å². The average molecular weight is 495 g/mol. The maximum atomic E-state index is 12.9. The number of aromatic nitrogens is 2. The maximum absolute atomic E-state index is 12.9. The van der Waals surface area contributed by atoms with Crippen molar-refractivity contribution in [3.63, 3.8) is 0 Å². The van der Waals surface area contributed by atoms with Crippen LogP contribution in [0.15, 0.2) is 52.5 Å². The highest BCUT2D eigenvalue weighted by atomic mass is 35.5. The predicted molar refractivity (Wildman–Crippen MR) is 130 cm³/mol. The summed E-state index contributed by atoms with van der Waals surface area (Å²) in [5, 5.41) is 4.16. The van der Waals surface area contributed by atoms with E-state index in [1.165, 1.54) is 16.1 Å². The first-order valence-electron chi connectivity index (χ1n) is 10.4. The Hall–Kier alpha value is -2.07. The highest BCUT2D eigenvalue weighted by molar-refractivity contribution is 7.99. The third-order valence-corrected chi connectivity index (χ3v) is 8.50. The van der Waals surface area contributed by atoms with E-state index in [9.17, 15) is 13.2 Å². The normalized spacial score (nSPS) is 11.9. The van der Waals surface area contributed by atoms with Crippen molar-refractivity contribution in [3.05, 3.63) is 53.1 Å². The number of sulfonamides is 1. The van der Waals surface area contributed by atoms with Crippen molar-refractivity contribution in [2.45, 2.75) is 43.9 Å². The Kier molecular flexibility index (Phi) is 8.21. The van der Waals surface area contributed by atoms with Crippen LogP contribution < -0.4 is 5.32 Å². The monoisotopic (exact) mass is 494 g/mol. The second kappa shape index (κ2) is 10.7. The number of carbonyl (C=O) groups is 1. The maximum Gasteiger partial charge on any atom is 0.243 e. The molecule has 1 aromatic heterocycles. The van der Waals surface area contributed by atoms with Gasteiger partial charge in [-0.25, -0.2) is 13.4 Å². The molecule has 1 amide bonds. The minimum atomic E-state index is -3.56. The molecular formula is C22H27ClN4O3S2. The molecule has 0 fully saturated rings. The largest absolute Gasteiger partial charge is 0.351 e. The lowest BCUT2D eigenvalue weighted by atomic mass is 10.2. The predicted octanol–water partition coefficient (Wildman–Crippen LogP) is 4.15. The molecule has 7 nitrogen and oxygen atoms in total. The number of nitrogens with zero attached hydrogens (tertiary/aromatic N) is 3. The summed E-state index contributed by atoms with van der Waals surface area (Å²) < 4.78 is 29.1. The lowest BCUT2D eigenvalue weighted by molar-refractivity contribution is -0.118. The van der Waals surface area contributed by atoms with Crippen molar-refractivity contribution in [2.24, 2.45) is 0 Å². The zero-order valence-corrected chi connectivity index (χ0v) is 20.7. The lowest BCUT2D eigenvalue weighted by Gasteiger charge is -2.18. The first-order chi connectivity index (χ1) is 15.3. The molecule has 1 heterocycles. The van der Waals surface area contributed by atoms with E-state index in [0.717, 1.165) is 11.1 Å². The van der Waals surface area contributed by atoms with E-state index >= 15 is 0 Å². The van der Waals surface area contributed by atoms with E-state index in [2.05, 4.69) is 10.3 Å². The number of halogens is 1. The molecule has 32 heavy (non-hydrogen) atoms. The molecule has 0 saturated heterocycles. The van der Waals surface area contributed by atoms with E-state index < -0.39 is 10.0 Å². The molecule has 3 aromatic rings. The Morgan fingerprint density at radius 1 is 1.16 bits per heavy atom. The Bertz CT molecular complexity index is 1210. The van der Waals surface area contributed by atoms with Gasteiger partial charge < -0.3 is 9.88 Å². The highest BCUT2D eigenvalue weighted by Gasteiger charge is 2.23.